The second-order valence-corrected chi connectivity index (χ2v) is 4.57. The Balaban J connectivity index is 2.95. The van der Waals surface area contributed by atoms with Gasteiger partial charge in [0, 0.05) is 17.0 Å². The Kier molecular flexibility index (Phi) is 4.72. The van der Waals surface area contributed by atoms with Gasteiger partial charge in [0.05, 0.1) is 11.1 Å². The number of aliphatic hydroxyl groups is 1. The predicted octanol–water partition coefficient (Wildman–Crippen LogP) is 3.01. The number of hydrogen-bond acceptors (Lipinski definition) is 3. The van der Waals surface area contributed by atoms with E-state index in [1.807, 2.05) is 0 Å². The molecule has 0 saturated carbocycles. The number of phenolic OH excluding ortho intramolecular Hbond substituents is 1. The van der Waals surface area contributed by atoms with Crippen LogP contribution in [0.25, 0.3) is 0 Å². The first-order valence-electron chi connectivity index (χ1n) is 4.81. The van der Waals surface area contributed by atoms with E-state index < -0.39 is 30.5 Å². The minimum Gasteiger partial charge on any atom is -0.506 e. The fourth-order valence-corrected chi connectivity index (χ4v) is 1.85. The van der Waals surface area contributed by atoms with E-state index in [1.165, 1.54) is 6.07 Å². The molecule has 0 radical (unpaired) electrons. The van der Waals surface area contributed by atoms with E-state index in [9.17, 15) is 23.4 Å². The monoisotopic (exact) mass is 303 g/mol. The summed E-state index contributed by atoms with van der Waals surface area (Å²) in [5.41, 5.74) is 4.69. The Labute approximate surface area is 111 Å². The van der Waals surface area contributed by atoms with Crippen molar-refractivity contribution in [3.05, 3.63) is 27.7 Å². The van der Waals surface area contributed by atoms with Gasteiger partial charge in [-0.3, -0.25) is 0 Å². The average molecular weight is 304 g/mol. The van der Waals surface area contributed by atoms with E-state index in [2.05, 4.69) is 0 Å². The Hall–Kier alpha value is -0.690. The summed E-state index contributed by atoms with van der Waals surface area (Å²) in [7, 11) is 0. The third-order valence-corrected chi connectivity index (χ3v) is 2.82. The fourth-order valence-electron chi connectivity index (χ4n) is 1.34. The highest BCUT2D eigenvalue weighted by molar-refractivity contribution is 6.35. The predicted molar refractivity (Wildman–Crippen MR) is 61.7 cm³/mol. The molecule has 0 fully saturated rings. The third kappa shape index (κ3) is 3.65. The average Bonchev–Trinajstić information content (AvgIpc) is 2.21. The molecular weight excluding hydrogens is 294 g/mol. The van der Waals surface area contributed by atoms with Crippen molar-refractivity contribution in [3.8, 4) is 5.75 Å². The van der Waals surface area contributed by atoms with Crippen molar-refractivity contribution in [3.63, 3.8) is 0 Å². The molecule has 2 atom stereocenters. The van der Waals surface area contributed by atoms with Crippen LogP contribution in [-0.2, 0) is 0 Å². The zero-order valence-electron chi connectivity index (χ0n) is 8.88. The zero-order valence-corrected chi connectivity index (χ0v) is 10.4. The van der Waals surface area contributed by atoms with Crippen molar-refractivity contribution in [2.45, 2.75) is 24.7 Å². The lowest BCUT2D eigenvalue weighted by atomic mass is 10.0. The third-order valence-electron chi connectivity index (χ3n) is 2.31. The van der Waals surface area contributed by atoms with Crippen LogP contribution in [-0.4, -0.2) is 22.4 Å². The van der Waals surface area contributed by atoms with Gasteiger partial charge in [0.25, 0.3) is 0 Å². The van der Waals surface area contributed by atoms with Gasteiger partial charge in [-0.25, -0.2) is 0 Å². The molecule has 18 heavy (non-hydrogen) atoms. The molecule has 0 aliphatic rings. The standard InChI is InChI=1S/C10H10Cl2F3NO2/c11-4-1-5(9(18)6(12)2-4)7(17)3-8(16)10(13,14)15/h1-2,7-8,17-18H,3,16H2/t7-,8+/m1/s1. The first-order chi connectivity index (χ1) is 8.12. The van der Waals surface area contributed by atoms with Crippen molar-refractivity contribution in [1.29, 1.82) is 0 Å². The highest BCUT2D eigenvalue weighted by Gasteiger charge is 2.38. The molecule has 0 aliphatic carbocycles. The van der Waals surface area contributed by atoms with Gasteiger partial charge < -0.3 is 15.9 Å². The number of aliphatic hydroxyl groups excluding tert-OH is 1. The number of alkyl halides is 3. The van der Waals surface area contributed by atoms with Gasteiger partial charge in [-0.2, -0.15) is 13.2 Å². The zero-order chi connectivity index (χ0) is 14.1. The van der Waals surface area contributed by atoms with Crippen LogP contribution in [0.15, 0.2) is 12.1 Å². The molecule has 0 bridgehead atoms. The first-order valence-corrected chi connectivity index (χ1v) is 5.56. The van der Waals surface area contributed by atoms with Crippen molar-refractivity contribution in [2.75, 3.05) is 0 Å². The Morgan fingerprint density at radius 3 is 2.33 bits per heavy atom. The molecule has 0 heterocycles. The van der Waals surface area contributed by atoms with Gasteiger partial charge in [-0.15, -0.1) is 0 Å². The maximum Gasteiger partial charge on any atom is 0.403 e. The highest BCUT2D eigenvalue weighted by Crippen LogP contribution is 2.37. The summed E-state index contributed by atoms with van der Waals surface area (Å²) in [4.78, 5) is 0. The fraction of sp³-hybridized carbons (Fsp3) is 0.400. The quantitative estimate of drug-likeness (QED) is 0.804. The topological polar surface area (TPSA) is 66.5 Å². The lowest BCUT2D eigenvalue weighted by molar-refractivity contribution is -0.153. The molecule has 8 heteroatoms. The molecule has 0 unspecified atom stereocenters. The number of hydrogen-bond donors (Lipinski definition) is 3. The normalized spacial score (nSPS) is 15.5. The molecule has 1 rings (SSSR count). The number of phenols is 1. The Bertz CT molecular complexity index is 440. The van der Waals surface area contributed by atoms with Gasteiger partial charge in [0.2, 0.25) is 0 Å². The minimum atomic E-state index is -4.63. The molecule has 0 aromatic heterocycles. The van der Waals surface area contributed by atoms with Crippen LogP contribution < -0.4 is 5.73 Å². The van der Waals surface area contributed by atoms with Crippen molar-refractivity contribution in [1.82, 2.24) is 0 Å². The molecule has 0 aliphatic heterocycles. The van der Waals surface area contributed by atoms with Crippen LogP contribution >= 0.6 is 23.2 Å². The lowest BCUT2D eigenvalue weighted by Gasteiger charge is -2.20. The van der Waals surface area contributed by atoms with E-state index in [0.29, 0.717) is 0 Å². The maximum absolute atomic E-state index is 12.2. The molecule has 1 aromatic carbocycles. The van der Waals surface area contributed by atoms with E-state index in [-0.39, 0.29) is 15.6 Å². The summed E-state index contributed by atoms with van der Waals surface area (Å²) in [6.07, 6.45) is -7.04. The second-order valence-electron chi connectivity index (χ2n) is 3.73. The van der Waals surface area contributed by atoms with E-state index in [1.54, 1.807) is 0 Å². The van der Waals surface area contributed by atoms with Crippen LogP contribution in [0, 0.1) is 0 Å². The van der Waals surface area contributed by atoms with Gasteiger partial charge >= 0.3 is 6.18 Å². The van der Waals surface area contributed by atoms with Crippen molar-refractivity contribution in [2.24, 2.45) is 5.73 Å². The van der Waals surface area contributed by atoms with Crippen LogP contribution in [0.5, 0.6) is 5.75 Å². The Morgan fingerprint density at radius 1 is 1.28 bits per heavy atom. The molecule has 102 valence electrons. The number of halogens is 5. The molecule has 0 spiro atoms. The van der Waals surface area contributed by atoms with Gasteiger partial charge in [0.1, 0.15) is 11.8 Å². The summed E-state index contributed by atoms with van der Waals surface area (Å²) in [6, 6.07) is 0.138. The van der Waals surface area contributed by atoms with E-state index >= 15 is 0 Å². The number of rotatable bonds is 3. The smallest absolute Gasteiger partial charge is 0.403 e. The van der Waals surface area contributed by atoms with Crippen molar-refractivity contribution < 1.29 is 23.4 Å². The maximum atomic E-state index is 12.2. The molecule has 4 N–H and O–H groups in total. The molecule has 1 aromatic rings. The molecule has 0 amide bonds. The molecular formula is C10H10Cl2F3NO2. The summed E-state index contributed by atoms with van der Waals surface area (Å²) < 4.78 is 36.7. The summed E-state index contributed by atoms with van der Waals surface area (Å²) in [5, 5.41) is 19.1. The molecule has 3 nitrogen and oxygen atoms in total. The van der Waals surface area contributed by atoms with Crippen LogP contribution in [0.2, 0.25) is 10.0 Å². The van der Waals surface area contributed by atoms with Crippen molar-refractivity contribution >= 4 is 23.2 Å². The first kappa shape index (κ1) is 15.4. The van der Waals surface area contributed by atoms with Gasteiger partial charge in [-0.05, 0) is 12.1 Å². The number of nitrogens with two attached hydrogens (primary N) is 1. The highest BCUT2D eigenvalue weighted by atomic mass is 35.5. The summed E-state index contributed by atoms with van der Waals surface area (Å²) in [5.74, 6) is -0.511. The Morgan fingerprint density at radius 2 is 1.83 bits per heavy atom. The number of benzene rings is 1. The minimum absolute atomic E-state index is 0.0902. The summed E-state index contributed by atoms with van der Waals surface area (Å²) >= 11 is 11.2. The van der Waals surface area contributed by atoms with Crippen LogP contribution in [0.3, 0.4) is 0 Å². The van der Waals surface area contributed by atoms with Gasteiger partial charge in [-0.1, -0.05) is 23.2 Å². The van der Waals surface area contributed by atoms with Gasteiger partial charge in [0.15, 0.2) is 0 Å². The SMILES string of the molecule is N[C@@H](C[C@@H](O)c1cc(Cl)cc(Cl)c1O)C(F)(F)F. The lowest BCUT2D eigenvalue weighted by Crippen LogP contribution is -2.38. The largest absolute Gasteiger partial charge is 0.506 e. The second kappa shape index (κ2) is 5.52. The summed E-state index contributed by atoms with van der Waals surface area (Å²) in [6.45, 7) is 0. The van der Waals surface area contributed by atoms with Crippen LogP contribution in [0.1, 0.15) is 18.1 Å². The number of aromatic hydroxyl groups is 1. The molecule has 0 saturated heterocycles. The van der Waals surface area contributed by atoms with Crippen LogP contribution in [0.4, 0.5) is 13.2 Å². The van der Waals surface area contributed by atoms with E-state index in [0.717, 1.165) is 6.07 Å². The van der Waals surface area contributed by atoms with E-state index in [4.69, 9.17) is 28.9 Å².